The first-order valence-corrected chi connectivity index (χ1v) is 7.84. The lowest BCUT2D eigenvalue weighted by molar-refractivity contribution is 0.103. The molecule has 0 saturated carbocycles. The Morgan fingerprint density at radius 2 is 2.05 bits per heavy atom. The molecule has 0 radical (unpaired) electrons. The smallest absolute Gasteiger partial charge is 0.270 e. The van der Waals surface area contributed by atoms with Crippen molar-refractivity contribution in [3.63, 3.8) is 0 Å². The normalized spacial score (nSPS) is 10.6. The molecule has 3 heterocycles. The van der Waals surface area contributed by atoms with Gasteiger partial charge in [0.2, 0.25) is 0 Å². The van der Waals surface area contributed by atoms with Gasteiger partial charge in [-0.1, -0.05) is 34.5 Å². The van der Waals surface area contributed by atoms with Crippen LogP contribution in [-0.2, 0) is 0 Å². The minimum Gasteiger partial charge on any atom is -0.297 e. The van der Waals surface area contributed by atoms with Crippen LogP contribution in [0.2, 0.25) is 10.2 Å². The van der Waals surface area contributed by atoms with Crippen molar-refractivity contribution in [2.24, 2.45) is 0 Å². The number of nitrogens with one attached hydrogen (secondary N) is 1. The van der Waals surface area contributed by atoms with Crippen LogP contribution in [0.3, 0.4) is 0 Å². The first kappa shape index (κ1) is 14.3. The van der Waals surface area contributed by atoms with Crippen LogP contribution in [0.25, 0.3) is 10.6 Å². The van der Waals surface area contributed by atoms with Crippen LogP contribution in [0.15, 0.2) is 24.8 Å². The molecule has 6 nitrogen and oxygen atoms in total. The Balaban J connectivity index is 1.79. The zero-order valence-electron chi connectivity index (χ0n) is 10.1. The van der Waals surface area contributed by atoms with Gasteiger partial charge in [-0.15, -0.1) is 0 Å². The maximum Gasteiger partial charge on any atom is 0.270 e. The standard InChI is InChI=1S/C11H5Cl2N5OS2/c12-7-8(21-18-9(7)13)10(19)17-11-16-4-6(20-11)5-3-14-1-2-15-5/h1-4H,(H,16,17,19). The van der Waals surface area contributed by atoms with Gasteiger partial charge >= 0.3 is 0 Å². The average molecular weight is 358 g/mol. The van der Waals surface area contributed by atoms with Crippen LogP contribution in [0.5, 0.6) is 0 Å². The van der Waals surface area contributed by atoms with Crippen molar-refractivity contribution in [2.75, 3.05) is 5.32 Å². The highest BCUT2D eigenvalue weighted by molar-refractivity contribution is 7.19. The molecule has 1 N–H and O–H groups in total. The molecular weight excluding hydrogens is 353 g/mol. The third-order valence-electron chi connectivity index (χ3n) is 2.35. The number of carbonyl (C=O) groups is 1. The van der Waals surface area contributed by atoms with Crippen LogP contribution in [-0.4, -0.2) is 25.2 Å². The molecule has 0 bridgehead atoms. The average Bonchev–Trinajstić information content (AvgIpc) is 3.08. The number of amides is 1. The number of nitrogens with zero attached hydrogens (tertiary/aromatic N) is 4. The molecule has 0 unspecified atom stereocenters. The summed E-state index contributed by atoms with van der Waals surface area (Å²) in [6.07, 6.45) is 6.42. The summed E-state index contributed by atoms with van der Waals surface area (Å²) in [5.74, 6) is -0.399. The van der Waals surface area contributed by atoms with Crippen LogP contribution in [0.4, 0.5) is 5.13 Å². The molecule has 106 valence electrons. The summed E-state index contributed by atoms with van der Waals surface area (Å²) in [5.41, 5.74) is 0.689. The van der Waals surface area contributed by atoms with Crippen molar-refractivity contribution in [2.45, 2.75) is 0 Å². The molecule has 3 aromatic rings. The SMILES string of the molecule is O=C(Nc1ncc(-c2cnccn2)s1)c1snc(Cl)c1Cl. The molecule has 3 aromatic heterocycles. The van der Waals surface area contributed by atoms with Gasteiger partial charge in [-0.05, 0) is 11.5 Å². The zero-order chi connectivity index (χ0) is 14.8. The lowest BCUT2D eigenvalue weighted by atomic mass is 10.4. The minimum atomic E-state index is -0.399. The molecule has 0 aliphatic heterocycles. The number of rotatable bonds is 3. The highest BCUT2D eigenvalue weighted by Gasteiger charge is 2.18. The third-order valence-corrected chi connectivity index (χ3v) is 5.08. The van der Waals surface area contributed by atoms with Crippen LogP contribution in [0.1, 0.15) is 9.67 Å². The van der Waals surface area contributed by atoms with Gasteiger partial charge < -0.3 is 0 Å². The summed E-state index contributed by atoms with van der Waals surface area (Å²) in [6.45, 7) is 0. The maximum absolute atomic E-state index is 12.0. The lowest BCUT2D eigenvalue weighted by Gasteiger charge is -1.98. The van der Waals surface area contributed by atoms with Crippen molar-refractivity contribution in [1.82, 2.24) is 19.3 Å². The van der Waals surface area contributed by atoms with Crippen molar-refractivity contribution >= 4 is 57.1 Å². The summed E-state index contributed by atoms with van der Waals surface area (Å²) in [6, 6.07) is 0. The van der Waals surface area contributed by atoms with Gasteiger partial charge in [0.25, 0.3) is 5.91 Å². The molecule has 0 spiro atoms. The predicted molar refractivity (Wildman–Crippen MR) is 83.2 cm³/mol. The van der Waals surface area contributed by atoms with E-state index in [1.165, 1.54) is 11.3 Å². The quantitative estimate of drug-likeness (QED) is 0.774. The second-order valence-corrected chi connectivity index (χ2v) is 6.23. The molecule has 0 fully saturated rings. The summed E-state index contributed by atoms with van der Waals surface area (Å²) >= 11 is 13.8. The molecule has 10 heteroatoms. The fourth-order valence-corrected chi connectivity index (χ4v) is 3.31. The highest BCUT2D eigenvalue weighted by Crippen LogP contribution is 2.31. The predicted octanol–water partition coefficient (Wildman–Crippen LogP) is 3.62. The van der Waals surface area contributed by atoms with Gasteiger partial charge in [0.1, 0.15) is 15.6 Å². The Morgan fingerprint density at radius 1 is 1.19 bits per heavy atom. The second kappa shape index (κ2) is 6.02. The molecular formula is C11H5Cl2N5OS2. The Hall–Kier alpha value is -1.61. The van der Waals surface area contributed by atoms with E-state index in [2.05, 4.69) is 24.6 Å². The van der Waals surface area contributed by atoms with E-state index >= 15 is 0 Å². The number of hydrogen-bond acceptors (Lipinski definition) is 7. The molecule has 0 aliphatic carbocycles. The number of aromatic nitrogens is 4. The molecule has 0 saturated heterocycles. The molecule has 3 rings (SSSR count). The summed E-state index contributed by atoms with van der Waals surface area (Å²) in [7, 11) is 0. The van der Waals surface area contributed by atoms with Crippen LogP contribution in [0, 0.1) is 0 Å². The van der Waals surface area contributed by atoms with E-state index in [4.69, 9.17) is 23.2 Å². The van der Waals surface area contributed by atoms with Crippen molar-refractivity contribution in [3.05, 3.63) is 39.8 Å². The molecule has 0 aliphatic rings. The van der Waals surface area contributed by atoms with E-state index in [9.17, 15) is 4.79 Å². The van der Waals surface area contributed by atoms with Crippen LogP contribution < -0.4 is 5.32 Å². The van der Waals surface area contributed by atoms with Crippen LogP contribution >= 0.6 is 46.1 Å². The number of carbonyl (C=O) groups excluding carboxylic acids is 1. The van der Waals surface area contributed by atoms with Gasteiger partial charge in [0, 0.05) is 18.6 Å². The number of halogens is 2. The maximum atomic E-state index is 12.0. The fraction of sp³-hybridized carbons (Fsp3) is 0. The van der Waals surface area contributed by atoms with Gasteiger partial charge in [-0.3, -0.25) is 20.1 Å². The van der Waals surface area contributed by atoms with Crippen molar-refractivity contribution < 1.29 is 4.79 Å². The number of hydrogen-bond donors (Lipinski definition) is 1. The molecule has 0 atom stereocenters. The van der Waals surface area contributed by atoms with Crippen molar-refractivity contribution in [3.8, 4) is 10.6 Å². The second-order valence-electron chi connectivity index (χ2n) is 3.69. The Morgan fingerprint density at radius 3 is 2.71 bits per heavy atom. The molecule has 1 amide bonds. The highest BCUT2D eigenvalue weighted by atomic mass is 35.5. The summed E-state index contributed by atoms with van der Waals surface area (Å²) in [4.78, 5) is 25.4. The monoisotopic (exact) mass is 357 g/mol. The Labute approximate surface area is 137 Å². The van der Waals surface area contributed by atoms with E-state index in [1.807, 2.05) is 0 Å². The lowest BCUT2D eigenvalue weighted by Crippen LogP contribution is -2.10. The number of thiazole rings is 1. The third kappa shape index (κ3) is 3.03. The van der Waals surface area contributed by atoms with Crippen molar-refractivity contribution in [1.29, 1.82) is 0 Å². The number of anilines is 1. The van der Waals surface area contributed by atoms with Gasteiger partial charge in [0.05, 0.1) is 11.1 Å². The Kier molecular flexibility index (Phi) is 4.11. The largest absolute Gasteiger partial charge is 0.297 e. The van der Waals surface area contributed by atoms with E-state index in [1.54, 1.807) is 24.8 Å². The zero-order valence-corrected chi connectivity index (χ0v) is 13.2. The first-order chi connectivity index (χ1) is 10.1. The molecule has 0 aromatic carbocycles. The van der Waals surface area contributed by atoms with Gasteiger partial charge in [0.15, 0.2) is 10.3 Å². The minimum absolute atomic E-state index is 0.117. The van der Waals surface area contributed by atoms with E-state index < -0.39 is 5.91 Å². The Bertz CT molecular complexity index is 789. The first-order valence-electron chi connectivity index (χ1n) is 5.49. The summed E-state index contributed by atoms with van der Waals surface area (Å²) < 4.78 is 3.81. The summed E-state index contributed by atoms with van der Waals surface area (Å²) in [5, 5.41) is 3.34. The molecule has 21 heavy (non-hydrogen) atoms. The van der Waals surface area contributed by atoms with E-state index in [0.717, 1.165) is 16.4 Å². The van der Waals surface area contributed by atoms with Gasteiger partial charge in [-0.25, -0.2) is 4.98 Å². The van der Waals surface area contributed by atoms with Gasteiger partial charge in [-0.2, -0.15) is 4.37 Å². The topological polar surface area (TPSA) is 80.7 Å². The fourth-order valence-electron chi connectivity index (χ4n) is 1.43. The van der Waals surface area contributed by atoms with E-state index in [0.29, 0.717) is 10.8 Å². The van der Waals surface area contributed by atoms with E-state index in [-0.39, 0.29) is 15.1 Å².